The highest BCUT2D eigenvalue weighted by atomic mass is 79.9. The highest BCUT2D eigenvalue weighted by Gasteiger charge is 2.22. The lowest BCUT2D eigenvalue weighted by molar-refractivity contribution is 0.0696. The van der Waals surface area contributed by atoms with Gasteiger partial charge in [0.05, 0.1) is 5.56 Å². The van der Waals surface area contributed by atoms with Gasteiger partial charge in [-0.25, -0.2) is 4.79 Å². The number of benzene rings is 2. The second kappa shape index (κ2) is 6.18. The normalized spacial score (nSPS) is 10.9. The van der Waals surface area contributed by atoms with E-state index in [1.54, 1.807) is 28.8 Å². The molecule has 0 spiro atoms. The maximum atomic E-state index is 11.8. The standard InChI is InChI=1S/C17H11BrClNO3/c18-8-15-16(17(22)23)14-7-13(21)5-4-10(14)9-20(15)12-3-1-2-11(19)6-12/h1-7,9H,8H2,(H,22,23). The Bertz CT molecular complexity index is 935. The van der Waals surface area contributed by atoms with Crippen LogP contribution < -0.4 is 5.43 Å². The van der Waals surface area contributed by atoms with E-state index in [9.17, 15) is 14.7 Å². The third-order valence-electron chi connectivity index (χ3n) is 3.57. The lowest BCUT2D eigenvalue weighted by Crippen LogP contribution is -2.15. The van der Waals surface area contributed by atoms with Crippen molar-refractivity contribution in [1.29, 1.82) is 0 Å². The number of aromatic carboxylic acids is 1. The van der Waals surface area contributed by atoms with Crippen molar-refractivity contribution in [3.63, 3.8) is 0 Å². The molecule has 0 saturated heterocycles. The molecule has 3 rings (SSSR count). The molecule has 0 unspecified atom stereocenters. The second-order valence-electron chi connectivity index (χ2n) is 4.99. The Kier molecular flexibility index (Phi) is 4.24. The summed E-state index contributed by atoms with van der Waals surface area (Å²) in [5.41, 5.74) is 2.28. The summed E-state index contributed by atoms with van der Waals surface area (Å²) < 4.78 is 1.77. The quantitative estimate of drug-likeness (QED) is 0.680. The lowest BCUT2D eigenvalue weighted by Gasteiger charge is -2.20. The SMILES string of the molecule is O=C(O)c1c2cc(=O)ccc-2cn(-c2cccc(Cl)c2)c1CBr. The maximum absolute atomic E-state index is 11.8. The molecule has 1 aliphatic heterocycles. The smallest absolute Gasteiger partial charge is 0.338 e. The van der Waals surface area contributed by atoms with Crippen LogP contribution in [0.5, 0.6) is 0 Å². The Morgan fingerprint density at radius 2 is 2.00 bits per heavy atom. The van der Waals surface area contributed by atoms with Crippen LogP contribution in [0.4, 0.5) is 0 Å². The Labute approximate surface area is 145 Å². The molecule has 1 heterocycles. The minimum atomic E-state index is -1.08. The second-order valence-corrected chi connectivity index (χ2v) is 5.99. The van der Waals surface area contributed by atoms with Crippen molar-refractivity contribution in [2.24, 2.45) is 0 Å². The molecule has 1 aromatic carbocycles. The highest BCUT2D eigenvalue weighted by molar-refractivity contribution is 9.08. The van der Waals surface area contributed by atoms with Crippen molar-refractivity contribution in [3.8, 4) is 16.8 Å². The highest BCUT2D eigenvalue weighted by Crippen LogP contribution is 2.31. The van der Waals surface area contributed by atoms with Crippen LogP contribution in [0.2, 0.25) is 5.02 Å². The first-order valence-corrected chi connectivity index (χ1v) is 8.24. The molecule has 2 aliphatic rings. The van der Waals surface area contributed by atoms with Gasteiger partial charge in [-0.15, -0.1) is 0 Å². The largest absolute Gasteiger partial charge is 0.478 e. The van der Waals surface area contributed by atoms with Gasteiger partial charge in [-0.1, -0.05) is 33.6 Å². The molecular formula is C17H11BrClNO3. The van der Waals surface area contributed by atoms with Gasteiger partial charge in [-0.2, -0.15) is 0 Å². The molecule has 6 heteroatoms. The summed E-state index contributed by atoms with van der Waals surface area (Å²) in [5.74, 6) is -1.08. The Hall–Kier alpha value is -2.11. The number of hydrogen-bond donors (Lipinski definition) is 1. The summed E-state index contributed by atoms with van der Waals surface area (Å²) in [6.07, 6.45) is 1.81. The van der Waals surface area contributed by atoms with E-state index in [1.807, 2.05) is 12.3 Å². The van der Waals surface area contributed by atoms with Crippen molar-refractivity contribution < 1.29 is 9.90 Å². The van der Waals surface area contributed by atoms with Crippen LogP contribution in [0.3, 0.4) is 0 Å². The fourth-order valence-electron chi connectivity index (χ4n) is 2.58. The van der Waals surface area contributed by atoms with Crippen molar-refractivity contribution in [2.75, 3.05) is 0 Å². The van der Waals surface area contributed by atoms with Crippen LogP contribution in [-0.4, -0.2) is 15.6 Å². The summed E-state index contributed by atoms with van der Waals surface area (Å²) in [7, 11) is 0. The van der Waals surface area contributed by atoms with E-state index in [-0.39, 0.29) is 11.0 Å². The van der Waals surface area contributed by atoms with Crippen LogP contribution in [0.15, 0.2) is 53.5 Å². The van der Waals surface area contributed by atoms with Crippen molar-refractivity contribution >= 4 is 33.5 Å². The monoisotopic (exact) mass is 391 g/mol. The summed E-state index contributed by atoms with van der Waals surface area (Å²) in [5, 5.41) is 10.5. The molecule has 4 nitrogen and oxygen atoms in total. The number of rotatable bonds is 3. The molecule has 0 amide bonds. The third-order valence-corrected chi connectivity index (χ3v) is 4.33. The van der Waals surface area contributed by atoms with Crippen LogP contribution >= 0.6 is 27.5 Å². The van der Waals surface area contributed by atoms with Gasteiger partial charge in [0.25, 0.3) is 0 Å². The van der Waals surface area contributed by atoms with E-state index in [4.69, 9.17) is 11.6 Å². The minimum Gasteiger partial charge on any atom is -0.478 e. The Morgan fingerprint density at radius 1 is 1.22 bits per heavy atom. The zero-order valence-electron chi connectivity index (χ0n) is 11.8. The number of carboxylic acids is 1. The molecule has 0 saturated carbocycles. The van der Waals surface area contributed by atoms with E-state index in [0.717, 1.165) is 5.69 Å². The topological polar surface area (TPSA) is 59.3 Å². The van der Waals surface area contributed by atoms with Gasteiger partial charge >= 0.3 is 5.97 Å². The number of alkyl halides is 1. The predicted molar refractivity (Wildman–Crippen MR) is 93.3 cm³/mol. The van der Waals surface area contributed by atoms with Crippen LogP contribution in [0.25, 0.3) is 16.8 Å². The molecule has 1 N–H and O–H groups in total. The summed E-state index contributed by atoms with van der Waals surface area (Å²) in [6.45, 7) is 0. The van der Waals surface area contributed by atoms with E-state index >= 15 is 0 Å². The first kappa shape index (κ1) is 15.8. The van der Waals surface area contributed by atoms with Gasteiger partial charge in [-0.05, 0) is 42.0 Å². The lowest BCUT2D eigenvalue weighted by atomic mass is 9.97. The number of aromatic nitrogens is 1. The fraction of sp³-hybridized carbons (Fsp3) is 0.0588. The van der Waals surface area contributed by atoms with Crippen molar-refractivity contribution in [1.82, 2.24) is 4.57 Å². The number of hydrogen-bond acceptors (Lipinski definition) is 2. The summed E-state index contributed by atoms with van der Waals surface area (Å²) in [6, 6.07) is 11.6. The van der Waals surface area contributed by atoms with Crippen LogP contribution in [0, 0.1) is 0 Å². The van der Waals surface area contributed by atoms with Crippen molar-refractivity contribution in [2.45, 2.75) is 5.33 Å². The first-order chi connectivity index (χ1) is 11.0. The number of pyridine rings is 1. The van der Waals surface area contributed by atoms with Gasteiger partial charge in [0, 0.05) is 33.5 Å². The average molecular weight is 393 g/mol. The molecule has 0 bridgehead atoms. The zero-order chi connectivity index (χ0) is 16.6. The van der Waals surface area contributed by atoms with E-state index in [0.29, 0.717) is 27.2 Å². The molecule has 0 atom stereocenters. The van der Waals surface area contributed by atoms with Crippen molar-refractivity contribution in [3.05, 3.63) is 75.2 Å². The number of carbonyl (C=O) groups is 1. The maximum Gasteiger partial charge on any atom is 0.338 e. The van der Waals surface area contributed by atoms with Gasteiger partial charge in [0.1, 0.15) is 0 Å². The molecule has 116 valence electrons. The number of nitrogens with zero attached hydrogens (tertiary/aromatic N) is 1. The van der Waals surface area contributed by atoms with E-state index < -0.39 is 5.97 Å². The minimum absolute atomic E-state index is 0.108. The number of fused-ring (bicyclic) bond motifs is 1. The summed E-state index contributed by atoms with van der Waals surface area (Å²) in [4.78, 5) is 23.4. The first-order valence-electron chi connectivity index (χ1n) is 6.75. The molecular weight excluding hydrogens is 382 g/mol. The fourth-order valence-corrected chi connectivity index (χ4v) is 3.32. The van der Waals surface area contributed by atoms with Gasteiger partial charge in [0.15, 0.2) is 5.43 Å². The van der Waals surface area contributed by atoms with Crippen LogP contribution in [0.1, 0.15) is 16.1 Å². The predicted octanol–water partition coefficient (Wildman–Crippen LogP) is 4.19. The van der Waals surface area contributed by atoms with Crippen LogP contribution in [-0.2, 0) is 5.33 Å². The zero-order valence-corrected chi connectivity index (χ0v) is 14.1. The molecule has 1 aromatic rings. The molecule has 23 heavy (non-hydrogen) atoms. The number of halogens is 2. The average Bonchev–Trinajstić information content (AvgIpc) is 2.52. The molecule has 0 fully saturated rings. The molecule has 0 aromatic heterocycles. The van der Waals surface area contributed by atoms with E-state index in [1.165, 1.54) is 12.1 Å². The van der Waals surface area contributed by atoms with Gasteiger partial charge in [-0.3, -0.25) is 4.79 Å². The van der Waals surface area contributed by atoms with Gasteiger partial charge in [0.2, 0.25) is 0 Å². The Morgan fingerprint density at radius 3 is 2.65 bits per heavy atom. The van der Waals surface area contributed by atoms with Gasteiger partial charge < -0.3 is 9.67 Å². The molecule has 1 aliphatic carbocycles. The summed E-state index contributed by atoms with van der Waals surface area (Å²) >= 11 is 9.40. The number of carboxylic acid groups (broad SMARTS) is 1. The third kappa shape index (κ3) is 2.90. The molecule has 0 radical (unpaired) electrons. The van der Waals surface area contributed by atoms with E-state index in [2.05, 4.69) is 15.9 Å². The Balaban J connectivity index is 2.44.